The average Bonchev–Trinajstić information content (AvgIpc) is 3.03. The first-order valence-corrected chi connectivity index (χ1v) is 8.45. The van der Waals surface area contributed by atoms with Crippen LogP contribution >= 0.6 is 27.3 Å². The molecule has 5 heteroatoms. The van der Waals surface area contributed by atoms with Crippen molar-refractivity contribution in [2.75, 3.05) is 13.2 Å². The van der Waals surface area contributed by atoms with Crippen molar-refractivity contribution in [3.63, 3.8) is 0 Å². The first kappa shape index (κ1) is 14.0. The van der Waals surface area contributed by atoms with Gasteiger partial charge in [0.1, 0.15) is 5.75 Å². The summed E-state index contributed by atoms with van der Waals surface area (Å²) in [6.07, 6.45) is 1.99. The molecule has 0 unspecified atom stereocenters. The summed E-state index contributed by atoms with van der Waals surface area (Å²) in [6.45, 7) is 4.62. The molecule has 1 aromatic carbocycles. The molecule has 3 rings (SSSR count). The molecule has 20 heavy (non-hydrogen) atoms. The molecule has 0 fully saturated rings. The maximum Gasteiger partial charge on any atom is 0.127 e. The predicted molar refractivity (Wildman–Crippen MR) is 85.6 cm³/mol. The first-order valence-electron chi connectivity index (χ1n) is 6.78. The molecule has 2 heterocycles. The zero-order chi connectivity index (χ0) is 13.9. The predicted octanol–water partition coefficient (Wildman–Crippen LogP) is 3.48. The molecule has 2 aromatic rings. The fourth-order valence-electron chi connectivity index (χ4n) is 2.44. The Balaban J connectivity index is 1.56. The molecule has 0 amide bonds. The molecule has 1 aromatic heterocycles. The third kappa shape index (κ3) is 3.22. The van der Waals surface area contributed by atoms with Crippen molar-refractivity contribution in [1.82, 2.24) is 10.3 Å². The minimum Gasteiger partial charge on any atom is -0.493 e. The van der Waals surface area contributed by atoms with Gasteiger partial charge >= 0.3 is 0 Å². The second-order valence-corrected chi connectivity index (χ2v) is 6.91. The van der Waals surface area contributed by atoms with E-state index in [-0.39, 0.29) is 0 Å². The number of thiazole rings is 1. The summed E-state index contributed by atoms with van der Waals surface area (Å²) in [5.74, 6) is 1.07. The number of ether oxygens (including phenoxy) is 1. The maximum absolute atomic E-state index is 5.73. The molecule has 0 saturated carbocycles. The summed E-state index contributed by atoms with van der Waals surface area (Å²) in [5, 5.41) is 6.75. The van der Waals surface area contributed by atoms with Gasteiger partial charge in [-0.3, -0.25) is 0 Å². The summed E-state index contributed by atoms with van der Waals surface area (Å²) in [4.78, 5) is 4.47. The Kier molecular flexibility index (Phi) is 4.38. The number of nitrogens with one attached hydrogen (secondary N) is 1. The van der Waals surface area contributed by atoms with Crippen molar-refractivity contribution < 1.29 is 4.74 Å². The van der Waals surface area contributed by atoms with E-state index in [2.05, 4.69) is 43.7 Å². The molecule has 1 aliphatic heterocycles. The Morgan fingerprint density at radius 3 is 3.15 bits per heavy atom. The molecule has 1 N–H and O–H groups in total. The molecule has 0 bridgehead atoms. The molecule has 0 saturated heterocycles. The standard InChI is InChI=1S/C15H17BrN2OS/c1-10-18-14(9-20-10)2-4-17-8-12-7-13(16)6-11-3-5-19-15(11)12/h6-7,9,17H,2-5,8H2,1H3. The van der Waals surface area contributed by atoms with Gasteiger partial charge in [-0.2, -0.15) is 0 Å². The quantitative estimate of drug-likeness (QED) is 0.836. The monoisotopic (exact) mass is 352 g/mol. The van der Waals surface area contributed by atoms with Crippen LogP contribution < -0.4 is 10.1 Å². The third-order valence-corrected chi connectivity index (χ3v) is 4.65. The molecule has 0 spiro atoms. The molecular weight excluding hydrogens is 336 g/mol. The van der Waals surface area contributed by atoms with Crippen LogP contribution in [0.5, 0.6) is 5.75 Å². The lowest BCUT2D eigenvalue weighted by molar-refractivity contribution is 0.352. The number of aromatic nitrogens is 1. The van der Waals surface area contributed by atoms with E-state index in [1.165, 1.54) is 16.8 Å². The van der Waals surface area contributed by atoms with Crippen LogP contribution in [-0.4, -0.2) is 18.1 Å². The van der Waals surface area contributed by atoms with E-state index in [0.717, 1.165) is 47.8 Å². The zero-order valence-electron chi connectivity index (χ0n) is 11.4. The Morgan fingerprint density at radius 1 is 1.45 bits per heavy atom. The fourth-order valence-corrected chi connectivity index (χ4v) is 3.64. The number of rotatable bonds is 5. The van der Waals surface area contributed by atoms with Gasteiger partial charge in [-0.15, -0.1) is 11.3 Å². The molecular formula is C15H17BrN2OS. The second kappa shape index (κ2) is 6.24. The van der Waals surface area contributed by atoms with Crippen molar-refractivity contribution in [2.45, 2.75) is 26.3 Å². The summed E-state index contributed by atoms with van der Waals surface area (Å²) >= 11 is 5.28. The molecule has 0 aliphatic carbocycles. The SMILES string of the molecule is Cc1nc(CCNCc2cc(Br)cc3c2OCC3)cs1. The molecule has 1 aliphatic rings. The Morgan fingerprint density at radius 2 is 2.35 bits per heavy atom. The molecule has 3 nitrogen and oxygen atoms in total. The van der Waals surface area contributed by atoms with Gasteiger partial charge in [0.15, 0.2) is 0 Å². The van der Waals surface area contributed by atoms with Gasteiger partial charge < -0.3 is 10.1 Å². The second-order valence-electron chi connectivity index (χ2n) is 4.94. The van der Waals surface area contributed by atoms with E-state index in [1.54, 1.807) is 11.3 Å². The summed E-state index contributed by atoms with van der Waals surface area (Å²) in [7, 11) is 0. The summed E-state index contributed by atoms with van der Waals surface area (Å²) in [6, 6.07) is 4.30. The van der Waals surface area contributed by atoms with Gasteiger partial charge in [0, 0.05) is 41.3 Å². The third-order valence-electron chi connectivity index (χ3n) is 3.37. The number of benzene rings is 1. The minimum atomic E-state index is 0.802. The smallest absolute Gasteiger partial charge is 0.127 e. The fraction of sp³-hybridized carbons (Fsp3) is 0.400. The average molecular weight is 353 g/mol. The molecule has 0 atom stereocenters. The first-order chi connectivity index (χ1) is 9.72. The highest BCUT2D eigenvalue weighted by Gasteiger charge is 2.16. The van der Waals surface area contributed by atoms with E-state index in [9.17, 15) is 0 Å². The van der Waals surface area contributed by atoms with Crippen LogP contribution in [0.4, 0.5) is 0 Å². The van der Waals surface area contributed by atoms with Gasteiger partial charge in [0.05, 0.1) is 17.3 Å². The highest BCUT2D eigenvalue weighted by Crippen LogP contribution is 2.32. The van der Waals surface area contributed by atoms with Crippen LogP contribution in [-0.2, 0) is 19.4 Å². The Labute approximate surface area is 131 Å². The van der Waals surface area contributed by atoms with Gasteiger partial charge in [-0.05, 0) is 24.6 Å². The number of hydrogen-bond donors (Lipinski definition) is 1. The number of hydrogen-bond acceptors (Lipinski definition) is 4. The van der Waals surface area contributed by atoms with Crippen LogP contribution in [0.3, 0.4) is 0 Å². The van der Waals surface area contributed by atoms with E-state index in [1.807, 2.05) is 6.92 Å². The van der Waals surface area contributed by atoms with Gasteiger partial charge in [0.2, 0.25) is 0 Å². The number of aryl methyl sites for hydroxylation is 1. The lowest BCUT2D eigenvalue weighted by atomic mass is 10.1. The van der Waals surface area contributed by atoms with Crippen molar-refractivity contribution in [3.8, 4) is 5.75 Å². The number of nitrogens with zero attached hydrogens (tertiary/aromatic N) is 1. The van der Waals surface area contributed by atoms with E-state index in [0.29, 0.717) is 0 Å². The molecule has 106 valence electrons. The number of halogens is 1. The lowest BCUT2D eigenvalue weighted by Gasteiger charge is -2.10. The van der Waals surface area contributed by atoms with Crippen LogP contribution in [0.2, 0.25) is 0 Å². The Hall–Kier alpha value is -0.910. The maximum atomic E-state index is 5.73. The van der Waals surface area contributed by atoms with Crippen molar-refractivity contribution in [3.05, 3.63) is 43.8 Å². The topological polar surface area (TPSA) is 34.2 Å². The van der Waals surface area contributed by atoms with Gasteiger partial charge in [0.25, 0.3) is 0 Å². The Bertz CT molecular complexity index is 612. The number of fused-ring (bicyclic) bond motifs is 1. The van der Waals surface area contributed by atoms with Crippen LogP contribution in [0.1, 0.15) is 21.8 Å². The van der Waals surface area contributed by atoms with Crippen LogP contribution in [0, 0.1) is 6.92 Å². The van der Waals surface area contributed by atoms with Gasteiger partial charge in [-0.1, -0.05) is 15.9 Å². The van der Waals surface area contributed by atoms with Crippen LogP contribution in [0.25, 0.3) is 0 Å². The lowest BCUT2D eigenvalue weighted by Crippen LogP contribution is -2.17. The highest BCUT2D eigenvalue weighted by atomic mass is 79.9. The summed E-state index contributed by atoms with van der Waals surface area (Å²) < 4.78 is 6.86. The van der Waals surface area contributed by atoms with Crippen molar-refractivity contribution in [2.24, 2.45) is 0 Å². The van der Waals surface area contributed by atoms with E-state index >= 15 is 0 Å². The van der Waals surface area contributed by atoms with Crippen molar-refractivity contribution >= 4 is 27.3 Å². The summed E-state index contributed by atoms with van der Waals surface area (Å²) in [5.41, 5.74) is 3.73. The van der Waals surface area contributed by atoms with Gasteiger partial charge in [-0.25, -0.2) is 4.98 Å². The highest BCUT2D eigenvalue weighted by molar-refractivity contribution is 9.10. The largest absolute Gasteiger partial charge is 0.493 e. The van der Waals surface area contributed by atoms with E-state index < -0.39 is 0 Å². The minimum absolute atomic E-state index is 0.802. The van der Waals surface area contributed by atoms with E-state index in [4.69, 9.17) is 4.74 Å². The van der Waals surface area contributed by atoms with Crippen molar-refractivity contribution in [1.29, 1.82) is 0 Å². The van der Waals surface area contributed by atoms with Crippen LogP contribution in [0.15, 0.2) is 22.0 Å². The zero-order valence-corrected chi connectivity index (χ0v) is 13.8. The normalized spacial score (nSPS) is 13.3. The molecule has 0 radical (unpaired) electrons.